The fraction of sp³-hybridized carbons (Fsp3) is 0.222. The van der Waals surface area contributed by atoms with E-state index in [1.54, 1.807) is 6.20 Å². The molecule has 1 fully saturated rings. The van der Waals surface area contributed by atoms with E-state index in [0.717, 1.165) is 57.5 Å². The Morgan fingerprint density at radius 1 is 1.06 bits per heavy atom. The molecule has 0 bridgehead atoms. The topological polar surface area (TPSA) is 102 Å². The second kappa shape index (κ2) is 9.01. The number of nitrogens with one attached hydrogen (secondary N) is 3. The van der Waals surface area contributed by atoms with Gasteiger partial charge in [-0.25, -0.2) is 4.98 Å². The number of aromatic nitrogens is 4. The molecule has 0 radical (unpaired) electrons. The number of morpholine rings is 1. The van der Waals surface area contributed by atoms with Gasteiger partial charge in [0, 0.05) is 49.7 Å². The molecule has 1 aliphatic rings. The molecule has 182 valence electrons. The van der Waals surface area contributed by atoms with E-state index in [1.165, 1.54) is 0 Å². The number of fused-ring (bicyclic) bond motifs is 2. The number of H-pyrrole nitrogens is 2. The average Bonchev–Trinajstić information content (AvgIpc) is 3.58. The summed E-state index contributed by atoms with van der Waals surface area (Å²) in [6.45, 7) is 2.80. The van der Waals surface area contributed by atoms with Crippen LogP contribution < -0.4 is 15.1 Å². The van der Waals surface area contributed by atoms with Gasteiger partial charge in [-0.1, -0.05) is 12.1 Å². The van der Waals surface area contributed by atoms with Gasteiger partial charge < -0.3 is 24.8 Å². The number of nitrogens with zero attached hydrogens (tertiary/aromatic N) is 4. The zero-order valence-corrected chi connectivity index (χ0v) is 20.2. The van der Waals surface area contributed by atoms with Gasteiger partial charge in [0.25, 0.3) is 5.91 Å². The maximum absolute atomic E-state index is 13.7. The highest BCUT2D eigenvalue weighted by atomic mass is 16.5. The number of anilines is 3. The summed E-state index contributed by atoms with van der Waals surface area (Å²) >= 11 is 0. The molecule has 2 aromatic carbocycles. The lowest BCUT2D eigenvalue weighted by Crippen LogP contribution is -2.37. The zero-order chi connectivity index (χ0) is 24.6. The third-order valence-electron chi connectivity index (χ3n) is 6.60. The highest BCUT2D eigenvalue weighted by molar-refractivity contribution is 6.11. The van der Waals surface area contributed by atoms with E-state index >= 15 is 0 Å². The number of rotatable bonds is 5. The molecule has 4 heterocycles. The van der Waals surface area contributed by atoms with E-state index in [4.69, 9.17) is 9.72 Å². The van der Waals surface area contributed by atoms with Crippen LogP contribution in [0.1, 0.15) is 10.5 Å². The fourth-order valence-corrected chi connectivity index (χ4v) is 4.77. The van der Waals surface area contributed by atoms with Gasteiger partial charge in [-0.3, -0.25) is 9.89 Å². The minimum absolute atomic E-state index is 0.270. The molecule has 0 unspecified atom stereocenters. The molecule has 3 N–H and O–H groups in total. The summed E-state index contributed by atoms with van der Waals surface area (Å²) in [5, 5.41) is 12.4. The van der Waals surface area contributed by atoms with Gasteiger partial charge in [0.05, 0.1) is 36.3 Å². The van der Waals surface area contributed by atoms with Crippen LogP contribution in [0, 0.1) is 0 Å². The van der Waals surface area contributed by atoms with E-state index in [2.05, 4.69) is 43.6 Å². The molecular formula is C27H27N7O2. The summed E-state index contributed by atoms with van der Waals surface area (Å²) in [6, 6.07) is 16.2. The van der Waals surface area contributed by atoms with Crippen molar-refractivity contribution in [3.8, 4) is 11.1 Å². The molecule has 0 aliphatic carbocycles. The van der Waals surface area contributed by atoms with Crippen LogP contribution in [0.4, 0.5) is 17.2 Å². The summed E-state index contributed by atoms with van der Waals surface area (Å²) in [5.74, 6) is 0.503. The maximum atomic E-state index is 13.7. The predicted molar refractivity (Wildman–Crippen MR) is 143 cm³/mol. The van der Waals surface area contributed by atoms with Crippen molar-refractivity contribution in [1.82, 2.24) is 20.2 Å². The first kappa shape index (κ1) is 22.1. The molecule has 3 aromatic heterocycles. The van der Waals surface area contributed by atoms with E-state index in [9.17, 15) is 4.79 Å². The molecule has 9 nitrogen and oxygen atoms in total. The van der Waals surface area contributed by atoms with Gasteiger partial charge >= 0.3 is 0 Å². The molecule has 1 amide bonds. The third kappa shape index (κ3) is 3.93. The lowest BCUT2D eigenvalue weighted by Gasteiger charge is -2.28. The minimum Gasteiger partial charge on any atom is -0.378 e. The van der Waals surface area contributed by atoms with Crippen molar-refractivity contribution in [3.05, 3.63) is 66.6 Å². The molecule has 5 aromatic rings. The van der Waals surface area contributed by atoms with Gasteiger partial charge in [-0.2, -0.15) is 5.10 Å². The molecule has 0 saturated carbocycles. The number of carbonyl (C=O) groups is 1. The normalized spacial score (nSPS) is 13.9. The largest absolute Gasteiger partial charge is 0.378 e. The second-order valence-corrected chi connectivity index (χ2v) is 9.08. The summed E-state index contributed by atoms with van der Waals surface area (Å²) in [6.07, 6.45) is 3.66. The van der Waals surface area contributed by atoms with Crippen LogP contribution in [0.3, 0.4) is 0 Å². The fourth-order valence-electron chi connectivity index (χ4n) is 4.77. The summed E-state index contributed by atoms with van der Waals surface area (Å²) in [4.78, 5) is 25.8. The van der Waals surface area contributed by atoms with Gasteiger partial charge in [-0.05, 0) is 47.5 Å². The lowest BCUT2D eigenvalue weighted by molar-refractivity contribution is 0.102. The molecule has 1 aliphatic heterocycles. The maximum Gasteiger partial charge on any atom is 0.276 e. The Balaban J connectivity index is 1.40. The van der Waals surface area contributed by atoms with Crippen molar-refractivity contribution < 1.29 is 9.53 Å². The monoisotopic (exact) mass is 481 g/mol. The molecule has 6 rings (SSSR count). The van der Waals surface area contributed by atoms with E-state index < -0.39 is 0 Å². The van der Waals surface area contributed by atoms with Crippen molar-refractivity contribution in [2.45, 2.75) is 0 Å². The second-order valence-electron chi connectivity index (χ2n) is 9.08. The van der Waals surface area contributed by atoms with Gasteiger partial charge in [0.1, 0.15) is 5.82 Å². The Morgan fingerprint density at radius 3 is 2.75 bits per heavy atom. The molecular weight excluding hydrogens is 454 g/mol. The standard InChI is InChI=1S/C27H27N7O2/c1-33(2)24-6-7-25(34-10-12-36-13-11-34)31-26(24)27(35)30-22-14-17(15-23-20(22)16-29-32-23)18-4-3-5-21-19(18)8-9-28-21/h3-9,14-16,28H,10-13H2,1-2H3,(H,29,32)(H,30,35). The number of ether oxygens (including phenoxy) is 1. The average molecular weight is 482 g/mol. The zero-order valence-electron chi connectivity index (χ0n) is 20.2. The quantitative estimate of drug-likeness (QED) is 0.347. The predicted octanol–water partition coefficient (Wildman–Crippen LogP) is 4.26. The summed E-state index contributed by atoms with van der Waals surface area (Å²) < 4.78 is 5.47. The molecule has 9 heteroatoms. The van der Waals surface area contributed by atoms with Crippen LogP contribution in [-0.4, -0.2) is 66.5 Å². The first-order valence-electron chi connectivity index (χ1n) is 11.9. The highest BCUT2D eigenvalue weighted by Crippen LogP contribution is 2.34. The molecule has 0 spiro atoms. The van der Waals surface area contributed by atoms with Crippen LogP contribution in [0.5, 0.6) is 0 Å². The van der Waals surface area contributed by atoms with Crippen LogP contribution in [0.25, 0.3) is 32.9 Å². The molecule has 36 heavy (non-hydrogen) atoms. The molecule has 1 saturated heterocycles. The van der Waals surface area contributed by atoms with Crippen molar-refractivity contribution in [2.24, 2.45) is 0 Å². The number of pyridine rings is 1. The van der Waals surface area contributed by atoms with Gasteiger partial charge in [0.2, 0.25) is 0 Å². The highest BCUT2D eigenvalue weighted by Gasteiger charge is 2.21. The number of carbonyl (C=O) groups excluding carboxylic acids is 1. The Morgan fingerprint density at radius 2 is 1.92 bits per heavy atom. The number of benzene rings is 2. The van der Waals surface area contributed by atoms with E-state index in [-0.39, 0.29) is 5.91 Å². The van der Waals surface area contributed by atoms with E-state index in [1.807, 2.05) is 55.5 Å². The Hall–Kier alpha value is -4.37. The Labute approximate surface area is 208 Å². The Bertz CT molecular complexity index is 1560. The van der Waals surface area contributed by atoms with Crippen molar-refractivity contribution >= 4 is 44.9 Å². The smallest absolute Gasteiger partial charge is 0.276 e. The SMILES string of the molecule is CN(C)c1ccc(N2CCOCC2)nc1C(=O)Nc1cc(-c2cccc3[nH]ccc23)cc2[nH]ncc12. The van der Waals surface area contributed by atoms with Gasteiger partial charge in [0.15, 0.2) is 5.69 Å². The van der Waals surface area contributed by atoms with Crippen LogP contribution in [0.15, 0.2) is 60.9 Å². The number of hydrogen-bond donors (Lipinski definition) is 3. The number of amides is 1. The first-order valence-corrected chi connectivity index (χ1v) is 11.9. The minimum atomic E-state index is -0.270. The van der Waals surface area contributed by atoms with Crippen LogP contribution >= 0.6 is 0 Å². The molecule has 0 atom stereocenters. The van der Waals surface area contributed by atoms with E-state index in [0.29, 0.717) is 24.6 Å². The first-order chi connectivity index (χ1) is 17.6. The number of aromatic amines is 2. The lowest BCUT2D eigenvalue weighted by atomic mass is 9.99. The van der Waals surface area contributed by atoms with Crippen LogP contribution in [-0.2, 0) is 4.74 Å². The van der Waals surface area contributed by atoms with Crippen LogP contribution in [0.2, 0.25) is 0 Å². The number of hydrogen-bond acceptors (Lipinski definition) is 6. The summed E-state index contributed by atoms with van der Waals surface area (Å²) in [7, 11) is 3.82. The van der Waals surface area contributed by atoms with Gasteiger partial charge in [-0.15, -0.1) is 0 Å². The Kier molecular flexibility index (Phi) is 5.54. The van der Waals surface area contributed by atoms with Crippen molar-refractivity contribution in [1.29, 1.82) is 0 Å². The summed E-state index contributed by atoms with van der Waals surface area (Å²) in [5.41, 5.74) is 5.76. The third-order valence-corrected chi connectivity index (χ3v) is 6.60. The van der Waals surface area contributed by atoms with Crippen molar-refractivity contribution in [3.63, 3.8) is 0 Å². The van der Waals surface area contributed by atoms with Crippen molar-refractivity contribution in [2.75, 3.05) is 55.5 Å².